The monoisotopic (exact) mass is 240 g/mol. The Morgan fingerprint density at radius 3 is 2.25 bits per heavy atom. The van der Waals surface area contributed by atoms with Gasteiger partial charge in [0.25, 0.3) is 0 Å². The molecule has 1 rings (SSSR count). The van der Waals surface area contributed by atoms with Gasteiger partial charge >= 0.3 is 0 Å². The van der Waals surface area contributed by atoms with E-state index in [0.717, 1.165) is 5.56 Å². The minimum Gasteiger partial charge on any atom is -0.368 e. The van der Waals surface area contributed by atoms with Crippen LogP contribution in [-0.4, -0.2) is 23.9 Å². The zero-order valence-electron chi connectivity index (χ0n) is 9.77. The third kappa shape index (κ3) is 2.97. The number of rotatable bonds is 4. The highest BCUT2D eigenvalue weighted by Gasteiger charge is 2.20. The number of nitrogens with zero attached hydrogens (tertiary/aromatic N) is 1. The summed E-state index contributed by atoms with van der Waals surface area (Å²) in [6.45, 7) is 3.83. The summed E-state index contributed by atoms with van der Waals surface area (Å²) < 4.78 is 0. The van der Waals surface area contributed by atoms with E-state index >= 15 is 0 Å². The van der Waals surface area contributed by atoms with Crippen molar-refractivity contribution in [3.05, 3.63) is 34.9 Å². The quantitative estimate of drug-likeness (QED) is 0.877. The second-order valence-corrected chi connectivity index (χ2v) is 4.41. The maximum atomic E-state index is 11.1. The fraction of sp³-hybridized carbons (Fsp3) is 0.417. The number of carbonyl (C=O) groups is 1. The SMILES string of the molecule is CC(C(N)=O)N(C)C(C)c1ccc(Cl)cc1. The highest BCUT2D eigenvalue weighted by molar-refractivity contribution is 6.30. The molecule has 0 saturated heterocycles. The Balaban J connectivity index is 2.81. The zero-order valence-corrected chi connectivity index (χ0v) is 10.5. The van der Waals surface area contributed by atoms with Gasteiger partial charge in [-0.2, -0.15) is 0 Å². The first-order chi connectivity index (χ1) is 7.43. The molecule has 0 saturated carbocycles. The average Bonchev–Trinajstić information content (AvgIpc) is 2.27. The van der Waals surface area contributed by atoms with Gasteiger partial charge in [-0.3, -0.25) is 9.69 Å². The molecule has 2 atom stereocenters. The zero-order chi connectivity index (χ0) is 12.3. The van der Waals surface area contributed by atoms with Gasteiger partial charge in [0, 0.05) is 11.1 Å². The van der Waals surface area contributed by atoms with Gasteiger partial charge < -0.3 is 5.73 Å². The van der Waals surface area contributed by atoms with Crippen LogP contribution >= 0.6 is 11.6 Å². The second kappa shape index (κ2) is 5.32. The first-order valence-electron chi connectivity index (χ1n) is 5.20. The van der Waals surface area contributed by atoms with E-state index in [-0.39, 0.29) is 18.0 Å². The molecule has 0 bridgehead atoms. The fourth-order valence-electron chi connectivity index (χ4n) is 1.51. The van der Waals surface area contributed by atoms with Crippen LogP contribution in [0.1, 0.15) is 25.5 Å². The van der Waals surface area contributed by atoms with Crippen molar-refractivity contribution in [3.8, 4) is 0 Å². The summed E-state index contributed by atoms with van der Waals surface area (Å²) in [6.07, 6.45) is 0. The summed E-state index contributed by atoms with van der Waals surface area (Å²) in [4.78, 5) is 13.0. The van der Waals surface area contributed by atoms with Crippen molar-refractivity contribution < 1.29 is 4.79 Å². The smallest absolute Gasteiger partial charge is 0.234 e. The predicted octanol–water partition coefficient (Wildman–Crippen LogP) is 2.21. The predicted molar refractivity (Wildman–Crippen MR) is 66.3 cm³/mol. The first kappa shape index (κ1) is 13.0. The van der Waals surface area contributed by atoms with E-state index in [4.69, 9.17) is 17.3 Å². The summed E-state index contributed by atoms with van der Waals surface area (Å²) >= 11 is 5.82. The molecule has 0 spiro atoms. The number of hydrogen-bond donors (Lipinski definition) is 1. The summed E-state index contributed by atoms with van der Waals surface area (Å²) in [6, 6.07) is 7.44. The molecule has 0 heterocycles. The number of benzene rings is 1. The van der Waals surface area contributed by atoms with Crippen molar-refractivity contribution >= 4 is 17.5 Å². The van der Waals surface area contributed by atoms with Crippen molar-refractivity contribution in [1.29, 1.82) is 0 Å². The maximum absolute atomic E-state index is 11.1. The van der Waals surface area contributed by atoms with Crippen LogP contribution in [0.25, 0.3) is 0 Å². The van der Waals surface area contributed by atoms with Crippen LogP contribution in [0, 0.1) is 0 Å². The van der Waals surface area contributed by atoms with Gasteiger partial charge in [-0.1, -0.05) is 23.7 Å². The molecule has 4 heteroatoms. The molecule has 0 aliphatic carbocycles. The molecule has 2 unspecified atom stereocenters. The normalized spacial score (nSPS) is 14.8. The lowest BCUT2D eigenvalue weighted by molar-refractivity contribution is -0.122. The van der Waals surface area contributed by atoms with Gasteiger partial charge in [-0.25, -0.2) is 0 Å². The van der Waals surface area contributed by atoms with Crippen LogP contribution in [0.4, 0.5) is 0 Å². The molecule has 16 heavy (non-hydrogen) atoms. The largest absolute Gasteiger partial charge is 0.368 e. The summed E-state index contributed by atoms with van der Waals surface area (Å²) in [7, 11) is 1.88. The van der Waals surface area contributed by atoms with E-state index in [0.29, 0.717) is 5.02 Å². The Morgan fingerprint density at radius 1 is 1.31 bits per heavy atom. The van der Waals surface area contributed by atoms with Gasteiger partial charge in [-0.15, -0.1) is 0 Å². The van der Waals surface area contributed by atoms with Crippen LogP contribution < -0.4 is 5.73 Å². The van der Waals surface area contributed by atoms with E-state index in [1.54, 1.807) is 6.92 Å². The van der Waals surface area contributed by atoms with Crippen molar-refractivity contribution in [2.24, 2.45) is 5.73 Å². The molecule has 1 amide bonds. The number of primary amides is 1. The molecule has 0 aliphatic rings. The molecule has 0 aliphatic heterocycles. The van der Waals surface area contributed by atoms with Crippen molar-refractivity contribution in [3.63, 3.8) is 0 Å². The lowest BCUT2D eigenvalue weighted by Crippen LogP contribution is -2.41. The first-order valence-corrected chi connectivity index (χ1v) is 5.58. The molecule has 1 aromatic rings. The highest BCUT2D eigenvalue weighted by Crippen LogP contribution is 2.22. The topological polar surface area (TPSA) is 46.3 Å². The lowest BCUT2D eigenvalue weighted by Gasteiger charge is -2.29. The van der Waals surface area contributed by atoms with Crippen LogP contribution in [0.3, 0.4) is 0 Å². The Bertz CT molecular complexity index is 364. The third-order valence-electron chi connectivity index (χ3n) is 2.99. The Hall–Kier alpha value is -1.06. The van der Waals surface area contributed by atoms with E-state index < -0.39 is 0 Å². The standard InChI is InChI=1S/C12H17ClN2O/c1-8(15(3)9(2)12(14)16)10-4-6-11(13)7-5-10/h4-9H,1-3H3,(H2,14,16). The van der Waals surface area contributed by atoms with E-state index in [1.165, 1.54) is 0 Å². The molecular weight excluding hydrogens is 224 g/mol. The van der Waals surface area contributed by atoms with Gasteiger partial charge in [-0.05, 0) is 38.6 Å². The number of carbonyl (C=O) groups excluding carboxylic acids is 1. The molecule has 3 nitrogen and oxygen atoms in total. The minimum absolute atomic E-state index is 0.125. The van der Waals surface area contributed by atoms with E-state index in [1.807, 2.05) is 43.1 Å². The number of nitrogens with two attached hydrogens (primary N) is 1. The van der Waals surface area contributed by atoms with E-state index in [9.17, 15) is 4.79 Å². The summed E-state index contributed by atoms with van der Waals surface area (Å²) in [5.41, 5.74) is 6.39. The second-order valence-electron chi connectivity index (χ2n) is 3.97. The van der Waals surface area contributed by atoms with Crippen LogP contribution in [-0.2, 0) is 4.79 Å². The molecule has 0 aromatic heterocycles. The van der Waals surface area contributed by atoms with Crippen LogP contribution in [0.5, 0.6) is 0 Å². The molecule has 1 aromatic carbocycles. The average molecular weight is 241 g/mol. The Morgan fingerprint density at radius 2 is 1.81 bits per heavy atom. The maximum Gasteiger partial charge on any atom is 0.234 e. The number of amides is 1. The fourth-order valence-corrected chi connectivity index (χ4v) is 1.64. The van der Waals surface area contributed by atoms with Gasteiger partial charge in [0.2, 0.25) is 5.91 Å². The molecule has 0 radical (unpaired) electrons. The third-order valence-corrected chi connectivity index (χ3v) is 3.24. The highest BCUT2D eigenvalue weighted by atomic mass is 35.5. The van der Waals surface area contributed by atoms with Crippen molar-refractivity contribution in [2.45, 2.75) is 25.9 Å². The minimum atomic E-state index is -0.316. The lowest BCUT2D eigenvalue weighted by atomic mass is 10.1. The number of likely N-dealkylation sites (N-methyl/N-ethyl adjacent to an activating group) is 1. The van der Waals surface area contributed by atoms with Crippen molar-refractivity contribution in [1.82, 2.24) is 4.90 Å². The molecular formula is C12H17ClN2O. The van der Waals surface area contributed by atoms with E-state index in [2.05, 4.69) is 0 Å². The Labute approximate surface area is 101 Å². The van der Waals surface area contributed by atoms with Crippen LogP contribution in [0.2, 0.25) is 5.02 Å². The van der Waals surface area contributed by atoms with Gasteiger partial charge in [0.05, 0.1) is 6.04 Å². The number of halogens is 1. The number of hydrogen-bond acceptors (Lipinski definition) is 2. The van der Waals surface area contributed by atoms with Gasteiger partial charge in [0.1, 0.15) is 0 Å². The molecule has 0 fully saturated rings. The molecule has 2 N–H and O–H groups in total. The summed E-state index contributed by atoms with van der Waals surface area (Å²) in [5.74, 6) is -0.316. The Kier molecular flexibility index (Phi) is 4.33. The molecule has 88 valence electrons. The van der Waals surface area contributed by atoms with Gasteiger partial charge in [0.15, 0.2) is 0 Å². The summed E-state index contributed by atoms with van der Waals surface area (Å²) in [5, 5.41) is 0.710. The van der Waals surface area contributed by atoms with Crippen LogP contribution in [0.15, 0.2) is 24.3 Å². The van der Waals surface area contributed by atoms with Crippen molar-refractivity contribution in [2.75, 3.05) is 7.05 Å².